The zero-order chi connectivity index (χ0) is 15.2. The number of nitrogens with one attached hydrogen (secondary N) is 1. The van der Waals surface area contributed by atoms with E-state index in [1.165, 1.54) is 11.1 Å². The molecule has 4 heteroatoms. The smallest absolute Gasteiger partial charge is 0.233 e. The van der Waals surface area contributed by atoms with E-state index in [1.54, 1.807) is 7.11 Å². The van der Waals surface area contributed by atoms with Gasteiger partial charge < -0.3 is 10.1 Å². The van der Waals surface area contributed by atoms with Crippen LogP contribution in [-0.2, 0) is 0 Å². The van der Waals surface area contributed by atoms with Crippen molar-refractivity contribution in [3.8, 4) is 5.88 Å². The van der Waals surface area contributed by atoms with E-state index in [4.69, 9.17) is 4.74 Å². The summed E-state index contributed by atoms with van der Waals surface area (Å²) < 4.78 is 5.06. The van der Waals surface area contributed by atoms with Gasteiger partial charge in [-0.2, -0.15) is 0 Å². The molecule has 0 aliphatic heterocycles. The van der Waals surface area contributed by atoms with Gasteiger partial charge in [0.2, 0.25) is 5.88 Å². The van der Waals surface area contributed by atoms with E-state index in [2.05, 4.69) is 60.6 Å². The number of ether oxygens (including phenoxy) is 1. The fraction of sp³-hybridized carbons (Fsp3) is 0.412. The zero-order valence-corrected chi connectivity index (χ0v) is 13.1. The highest BCUT2D eigenvalue weighted by molar-refractivity contribution is 5.32. The maximum absolute atomic E-state index is 5.06. The lowest BCUT2D eigenvalue weighted by Gasteiger charge is -2.18. The molecular formula is C17H23N3O. The van der Waals surface area contributed by atoms with Crippen molar-refractivity contribution >= 4 is 0 Å². The third kappa shape index (κ3) is 3.79. The molecule has 1 unspecified atom stereocenters. The Morgan fingerprint density at radius 3 is 2.14 bits per heavy atom. The molecule has 2 aromatic rings. The van der Waals surface area contributed by atoms with Crippen LogP contribution < -0.4 is 10.1 Å². The van der Waals surface area contributed by atoms with E-state index in [0.29, 0.717) is 11.8 Å². The molecule has 2 rings (SSSR count). The van der Waals surface area contributed by atoms with Crippen LogP contribution in [0.1, 0.15) is 49.6 Å². The molecule has 1 aromatic carbocycles. The van der Waals surface area contributed by atoms with E-state index in [0.717, 1.165) is 12.2 Å². The fourth-order valence-corrected chi connectivity index (χ4v) is 2.26. The first-order chi connectivity index (χ1) is 10.2. The molecule has 0 aliphatic rings. The van der Waals surface area contributed by atoms with Gasteiger partial charge in [0, 0.05) is 6.07 Å². The number of methoxy groups -OCH3 is 1. The molecule has 4 nitrogen and oxygen atoms in total. The Morgan fingerprint density at radius 1 is 1.00 bits per heavy atom. The lowest BCUT2D eigenvalue weighted by molar-refractivity contribution is 0.390. The number of rotatable bonds is 6. The van der Waals surface area contributed by atoms with E-state index < -0.39 is 0 Å². The van der Waals surface area contributed by atoms with Crippen LogP contribution in [-0.4, -0.2) is 23.9 Å². The summed E-state index contributed by atoms with van der Waals surface area (Å²) in [5.41, 5.74) is 3.44. The van der Waals surface area contributed by atoms with E-state index in [-0.39, 0.29) is 6.04 Å². The third-order valence-corrected chi connectivity index (χ3v) is 3.51. The van der Waals surface area contributed by atoms with Gasteiger partial charge in [0.15, 0.2) is 0 Å². The van der Waals surface area contributed by atoms with Crippen molar-refractivity contribution in [3.05, 3.63) is 53.2 Å². The van der Waals surface area contributed by atoms with Crippen LogP contribution >= 0.6 is 0 Å². The minimum absolute atomic E-state index is 0.0506. The van der Waals surface area contributed by atoms with Gasteiger partial charge in [-0.15, -0.1) is 10.2 Å². The van der Waals surface area contributed by atoms with Crippen LogP contribution in [0, 0.1) is 0 Å². The molecule has 0 fully saturated rings. The van der Waals surface area contributed by atoms with Crippen LogP contribution in [0.15, 0.2) is 36.4 Å². The molecule has 0 saturated carbocycles. The highest BCUT2D eigenvalue weighted by Crippen LogP contribution is 2.23. The van der Waals surface area contributed by atoms with E-state index in [9.17, 15) is 0 Å². The normalized spacial score (nSPS) is 12.4. The molecule has 1 aromatic heterocycles. The molecule has 1 N–H and O–H groups in total. The maximum atomic E-state index is 5.06. The first-order valence-electron chi connectivity index (χ1n) is 7.36. The van der Waals surface area contributed by atoms with Crippen LogP contribution in [0.3, 0.4) is 0 Å². The number of benzene rings is 1. The van der Waals surface area contributed by atoms with Crippen molar-refractivity contribution in [3.63, 3.8) is 0 Å². The average molecular weight is 285 g/mol. The standard InChI is InChI=1S/C17H23N3O/c1-5-18-17(15-10-11-16(21-4)20-19-15)14-8-6-13(7-9-14)12(2)3/h6-12,17-18H,5H2,1-4H3. The van der Waals surface area contributed by atoms with Crippen molar-refractivity contribution in [2.75, 3.05) is 13.7 Å². The number of nitrogens with zero attached hydrogens (tertiary/aromatic N) is 2. The Kier molecular flexibility index (Phi) is 5.28. The van der Waals surface area contributed by atoms with Gasteiger partial charge in [-0.25, -0.2) is 0 Å². The molecule has 0 bridgehead atoms. The van der Waals surface area contributed by atoms with E-state index in [1.807, 2.05) is 12.1 Å². The molecule has 21 heavy (non-hydrogen) atoms. The first kappa shape index (κ1) is 15.4. The highest BCUT2D eigenvalue weighted by Gasteiger charge is 2.15. The molecule has 1 heterocycles. The van der Waals surface area contributed by atoms with Crippen molar-refractivity contribution in [1.82, 2.24) is 15.5 Å². The Balaban J connectivity index is 2.28. The summed E-state index contributed by atoms with van der Waals surface area (Å²) in [5.74, 6) is 1.07. The quantitative estimate of drug-likeness (QED) is 0.884. The topological polar surface area (TPSA) is 47.0 Å². The van der Waals surface area contributed by atoms with Crippen LogP contribution in [0.25, 0.3) is 0 Å². The van der Waals surface area contributed by atoms with Gasteiger partial charge in [0.05, 0.1) is 18.8 Å². The number of aromatic nitrogens is 2. The number of hydrogen-bond donors (Lipinski definition) is 1. The molecule has 0 aliphatic carbocycles. The lowest BCUT2D eigenvalue weighted by Crippen LogP contribution is -2.23. The van der Waals surface area contributed by atoms with Crippen LogP contribution in [0.5, 0.6) is 5.88 Å². The second-order valence-corrected chi connectivity index (χ2v) is 5.31. The van der Waals surface area contributed by atoms with Crippen molar-refractivity contribution in [2.45, 2.75) is 32.7 Å². The molecule has 0 amide bonds. The molecule has 0 radical (unpaired) electrons. The second kappa shape index (κ2) is 7.18. The summed E-state index contributed by atoms with van der Waals surface area (Å²) in [4.78, 5) is 0. The van der Waals surface area contributed by atoms with Gasteiger partial charge in [-0.1, -0.05) is 45.0 Å². The van der Waals surface area contributed by atoms with Gasteiger partial charge in [-0.05, 0) is 29.7 Å². The van der Waals surface area contributed by atoms with Gasteiger partial charge in [0.25, 0.3) is 0 Å². The Morgan fingerprint density at radius 2 is 1.67 bits per heavy atom. The van der Waals surface area contributed by atoms with Crippen molar-refractivity contribution in [2.24, 2.45) is 0 Å². The summed E-state index contributed by atoms with van der Waals surface area (Å²) in [6.07, 6.45) is 0. The Labute approximate surface area is 126 Å². The van der Waals surface area contributed by atoms with Gasteiger partial charge in [-0.3, -0.25) is 0 Å². The van der Waals surface area contributed by atoms with E-state index >= 15 is 0 Å². The summed E-state index contributed by atoms with van der Waals surface area (Å²) >= 11 is 0. The molecule has 112 valence electrons. The summed E-state index contributed by atoms with van der Waals surface area (Å²) in [5, 5.41) is 11.8. The van der Waals surface area contributed by atoms with Gasteiger partial charge in [0.1, 0.15) is 0 Å². The van der Waals surface area contributed by atoms with Crippen LogP contribution in [0.4, 0.5) is 0 Å². The minimum Gasteiger partial charge on any atom is -0.480 e. The molecule has 0 spiro atoms. The largest absolute Gasteiger partial charge is 0.480 e. The maximum Gasteiger partial charge on any atom is 0.233 e. The molecular weight excluding hydrogens is 262 g/mol. The predicted molar refractivity (Wildman–Crippen MR) is 84.6 cm³/mol. The lowest BCUT2D eigenvalue weighted by atomic mass is 9.97. The number of hydrogen-bond acceptors (Lipinski definition) is 4. The Hall–Kier alpha value is -1.94. The van der Waals surface area contributed by atoms with Crippen molar-refractivity contribution < 1.29 is 4.74 Å². The third-order valence-electron chi connectivity index (χ3n) is 3.51. The second-order valence-electron chi connectivity index (χ2n) is 5.31. The molecule has 1 atom stereocenters. The molecule has 0 saturated heterocycles. The van der Waals surface area contributed by atoms with Crippen molar-refractivity contribution in [1.29, 1.82) is 0 Å². The Bertz CT molecular complexity index is 549. The summed E-state index contributed by atoms with van der Waals surface area (Å²) in [6, 6.07) is 12.5. The summed E-state index contributed by atoms with van der Waals surface area (Å²) in [7, 11) is 1.59. The average Bonchev–Trinajstić information content (AvgIpc) is 2.53. The monoisotopic (exact) mass is 285 g/mol. The minimum atomic E-state index is 0.0506. The highest BCUT2D eigenvalue weighted by atomic mass is 16.5. The first-order valence-corrected chi connectivity index (χ1v) is 7.36. The van der Waals surface area contributed by atoms with Crippen LogP contribution in [0.2, 0.25) is 0 Å². The SMILES string of the molecule is CCNC(c1ccc(C(C)C)cc1)c1ccc(OC)nn1. The zero-order valence-electron chi connectivity index (χ0n) is 13.1. The summed E-state index contributed by atoms with van der Waals surface area (Å²) in [6.45, 7) is 7.36. The predicted octanol–water partition coefficient (Wildman–Crippen LogP) is 3.31. The fourth-order valence-electron chi connectivity index (χ4n) is 2.26. The van der Waals surface area contributed by atoms with Gasteiger partial charge >= 0.3 is 0 Å².